The second-order valence-corrected chi connectivity index (χ2v) is 9.96. The van der Waals surface area contributed by atoms with Gasteiger partial charge in [0.2, 0.25) is 11.8 Å². The van der Waals surface area contributed by atoms with E-state index in [-0.39, 0.29) is 17.4 Å². The summed E-state index contributed by atoms with van der Waals surface area (Å²) >= 11 is 3.44. The Hall–Kier alpha value is -2.54. The first-order chi connectivity index (χ1) is 15.1. The summed E-state index contributed by atoms with van der Waals surface area (Å²) in [4.78, 5) is 27.8. The zero-order valence-electron chi connectivity index (χ0n) is 19.1. The highest BCUT2D eigenvalue weighted by Gasteiger charge is 2.28. The minimum atomic E-state index is -0.592. The number of carbonyl (C=O) groups is 2. The Morgan fingerprint density at radius 2 is 1.66 bits per heavy atom. The van der Waals surface area contributed by atoms with Crippen LogP contribution in [0.2, 0.25) is 0 Å². The number of amides is 2. The third-order valence-electron chi connectivity index (χ3n) is 5.17. The summed E-state index contributed by atoms with van der Waals surface area (Å²) in [6, 6.07) is 13.0. The van der Waals surface area contributed by atoms with E-state index in [1.54, 1.807) is 11.8 Å². The molecule has 0 aromatic heterocycles. The lowest BCUT2D eigenvalue weighted by atomic mass is 10.1. The van der Waals surface area contributed by atoms with Crippen molar-refractivity contribution in [3.63, 3.8) is 0 Å². The zero-order chi connectivity index (χ0) is 23.3. The summed E-state index contributed by atoms with van der Waals surface area (Å²) in [6.45, 7) is 9.01. The topological polar surface area (TPSA) is 67.9 Å². The number of benzene rings is 2. The van der Waals surface area contributed by atoms with E-state index in [0.717, 1.165) is 21.3 Å². The highest BCUT2D eigenvalue weighted by atomic mass is 79.9. The van der Waals surface area contributed by atoms with E-state index in [1.807, 2.05) is 63.2 Å². The number of ether oxygens (including phenoxy) is 2. The molecule has 3 rings (SSSR count). The minimum Gasteiger partial charge on any atom is -0.486 e. The predicted octanol–water partition coefficient (Wildman–Crippen LogP) is 4.48. The number of nitrogens with one attached hydrogen (secondary N) is 1. The molecule has 0 fully saturated rings. The quantitative estimate of drug-likeness (QED) is 0.605. The summed E-state index contributed by atoms with van der Waals surface area (Å²) < 4.78 is 12.2. The molecule has 0 spiro atoms. The van der Waals surface area contributed by atoms with E-state index in [1.165, 1.54) is 0 Å². The number of halogens is 1. The molecule has 0 bridgehead atoms. The molecule has 2 amide bonds. The second kappa shape index (κ2) is 10.4. The Morgan fingerprint density at radius 3 is 2.31 bits per heavy atom. The van der Waals surface area contributed by atoms with E-state index in [4.69, 9.17) is 9.47 Å². The van der Waals surface area contributed by atoms with Crippen LogP contribution in [-0.2, 0) is 22.6 Å². The van der Waals surface area contributed by atoms with Gasteiger partial charge >= 0.3 is 0 Å². The van der Waals surface area contributed by atoms with Crippen molar-refractivity contribution in [1.29, 1.82) is 0 Å². The Labute approximate surface area is 198 Å². The molecular formula is C25H31BrN2O4. The number of rotatable bonds is 7. The third-order valence-corrected chi connectivity index (χ3v) is 5.69. The molecule has 1 aliphatic heterocycles. The smallest absolute Gasteiger partial charge is 0.242 e. The lowest BCUT2D eigenvalue weighted by Gasteiger charge is -2.31. The van der Waals surface area contributed by atoms with Crippen LogP contribution in [0, 0.1) is 0 Å². The molecule has 0 saturated carbocycles. The van der Waals surface area contributed by atoms with E-state index in [2.05, 4.69) is 21.2 Å². The Bertz CT molecular complexity index is 953. The molecule has 2 aromatic rings. The highest BCUT2D eigenvalue weighted by Crippen LogP contribution is 2.31. The molecule has 0 saturated heterocycles. The van der Waals surface area contributed by atoms with Gasteiger partial charge in [-0.2, -0.15) is 0 Å². The maximum atomic E-state index is 13.3. The minimum absolute atomic E-state index is 0.0700. The van der Waals surface area contributed by atoms with Gasteiger partial charge in [-0.15, -0.1) is 0 Å². The van der Waals surface area contributed by atoms with Crippen molar-refractivity contribution in [1.82, 2.24) is 10.2 Å². The van der Waals surface area contributed by atoms with Gasteiger partial charge in [-0.25, -0.2) is 0 Å². The standard InChI is InChI=1S/C25H31BrN2O4/c1-17(24(30)27-25(2,3)4)28(16-19-5-9-20(26)10-6-19)23(29)12-8-18-7-11-21-22(15-18)32-14-13-31-21/h5-7,9-11,15,17H,8,12-14,16H2,1-4H3,(H,27,30)/t17-/m0/s1. The first kappa shape index (κ1) is 24.1. The fourth-order valence-electron chi connectivity index (χ4n) is 3.48. The van der Waals surface area contributed by atoms with Crippen molar-refractivity contribution in [3.8, 4) is 11.5 Å². The van der Waals surface area contributed by atoms with Crippen LogP contribution in [0.25, 0.3) is 0 Å². The van der Waals surface area contributed by atoms with Gasteiger partial charge in [-0.1, -0.05) is 34.1 Å². The van der Waals surface area contributed by atoms with Crippen molar-refractivity contribution >= 4 is 27.7 Å². The lowest BCUT2D eigenvalue weighted by Crippen LogP contribution is -2.52. The molecule has 1 heterocycles. The summed E-state index contributed by atoms with van der Waals surface area (Å²) in [5.74, 6) is 1.21. The molecule has 1 N–H and O–H groups in total. The van der Waals surface area contributed by atoms with E-state index in [9.17, 15) is 9.59 Å². The Balaban J connectivity index is 1.73. The van der Waals surface area contributed by atoms with Crippen molar-refractivity contribution in [2.75, 3.05) is 13.2 Å². The molecule has 7 heteroatoms. The Morgan fingerprint density at radius 1 is 1.03 bits per heavy atom. The van der Waals surface area contributed by atoms with Crippen LogP contribution < -0.4 is 14.8 Å². The third kappa shape index (κ3) is 6.73. The van der Waals surface area contributed by atoms with Gasteiger partial charge in [0, 0.05) is 23.0 Å². The lowest BCUT2D eigenvalue weighted by molar-refractivity contribution is -0.141. The fourth-order valence-corrected chi connectivity index (χ4v) is 3.75. The SMILES string of the molecule is C[C@@H](C(=O)NC(C)(C)C)N(Cc1ccc(Br)cc1)C(=O)CCc1ccc2c(c1)OCCO2. The largest absolute Gasteiger partial charge is 0.486 e. The number of nitrogens with zero attached hydrogens (tertiary/aromatic N) is 1. The van der Waals surface area contributed by atoms with Crippen LogP contribution in [0.4, 0.5) is 0 Å². The second-order valence-electron chi connectivity index (χ2n) is 9.04. The zero-order valence-corrected chi connectivity index (χ0v) is 20.7. The number of fused-ring (bicyclic) bond motifs is 1. The van der Waals surface area contributed by atoms with Gasteiger partial charge in [-0.05, 0) is 69.5 Å². The van der Waals surface area contributed by atoms with Crippen LogP contribution in [0.3, 0.4) is 0 Å². The summed E-state index contributed by atoms with van der Waals surface area (Å²) in [5.41, 5.74) is 1.59. The maximum absolute atomic E-state index is 13.3. The van der Waals surface area contributed by atoms with Crippen LogP contribution in [0.5, 0.6) is 11.5 Å². The maximum Gasteiger partial charge on any atom is 0.242 e. The first-order valence-corrected chi connectivity index (χ1v) is 11.7. The average molecular weight is 503 g/mol. The monoisotopic (exact) mass is 502 g/mol. The van der Waals surface area contributed by atoms with Gasteiger partial charge in [0.1, 0.15) is 19.3 Å². The number of hydrogen-bond donors (Lipinski definition) is 1. The fraction of sp³-hybridized carbons (Fsp3) is 0.440. The molecule has 32 heavy (non-hydrogen) atoms. The van der Waals surface area contributed by atoms with E-state index >= 15 is 0 Å². The molecule has 2 aromatic carbocycles. The van der Waals surface area contributed by atoms with Crippen LogP contribution in [-0.4, -0.2) is 41.5 Å². The van der Waals surface area contributed by atoms with Crippen LogP contribution in [0.1, 0.15) is 45.2 Å². The first-order valence-electron chi connectivity index (χ1n) is 10.9. The summed E-state index contributed by atoms with van der Waals surface area (Å²) in [5, 5.41) is 2.99. The molecule has 1 atom stereocenters. The molecule has 6 nitrogen and oxygen atoms in total. The van der Waals surface area contributed by atoms with Gasteiger partial charge in [-0.3, -0.25) is 9.59 Å². The van der Waals surface area contributed by atoms with Gasteiger partial charge in [0.05, 0.1) is 0 Å². The van der Waals surface area contributed by atoms with Crippen molar-refractivity contribution in [3.05, 3.63) is 58.1 Å². The van der Waals surface area contributed by atoms with Crippen molar-refractivity contribution in [2.24, 2.45) is 0 Å². The molecule has 172 valence electrons. The van der Waals surface area contributed by atoms with E-state index in [0.29, 0.717) is 38.3 Å². The van der Waals surface area contributed by atoms with E-state index < -0.39 is 6.04 Å². The average Bonchev–Trinajstić information content (AvgIpc) is 2.75. The van der Waals surface area contributed by atoms with Crippen LogP contribution >= 0.6 is 15.9 Å². The van der Waals surface area contributed by atoms with Gasteiger partial charge < -0.3 is 19.7 Å². The number of carbonyl (C=O) groups excluding carboxylic acids is 2. The summed E-state index contributed by atoms with van der Waals surface area (Å²) in [6.07, 6.45) is 0.850. The van der Waals surface area contributed by atoms with Gasteiger partial charge in [0.15, 0.2) is 11.5 Å². The molecule has 0 aliphatic carbocycles. The predicted molar refractivity (Wildman–Crippen MR) is 128 cm³/mol. The molecule has 0 radical (unpaired) electrons. The highest BCUT2D eigenvalue weighted by molar-refractivity contribution is 9.10. The van der Waals surface area contributed by atoms with Crippen LogP contribution in [0.15, 0.2) is 46.9 Å². The molecular weight excluding hydrogens is 472 g/mol. The number of aryl methyl sites for hydroxylation is 1. The van der Waals surface area contributed by atoms with Crippen molar-refractivity contribution < 1.29 is 19.1 Å². The van der Waals surface area contributed by atoms with Gasteiger partial charge in [0.25, 0.3) is 0 Å². The Kier molecular flexibility index (Phi) is 7.82. The summed E-state index contributed by atoms with van der Waals surface area (Å²) in [7, 11) is 0. The molecule has 0 unspecified atom stereocenters. The molecule has 1 aliphatic rings. The van der Waals surface area contributed by atoms with Crippen molar-refractivity contribution in [2.45, 2.75) is 58.7 Å². The normalized spacial score (nSPS) is 13.9. The number of hydrogen-bond acceptors (Lipinski definition) is 4.